The second kappa shape index (κ2) is 25.0. The summed E-state index contributed by atoms with van der Waals surface area (Å²) in [5, 5.41) is 8.67. The predicted molar refractivity (Wildman–Crippen MR) is 390 cm³/mol. The van der Waals surface area contributed by atoms with E-state index in [9.17, 15) is 0 Å². The van der Waals surface area contributed by atoms with Crippen molar-refractivity contribution in [3.8, 4) is 66.8 Å². The number of hydrogen-bond acceptors (Lipinski definition) is 2. The lowest BCUT2D eigenvalue weighted by Gasteiger charge is -2.28. The van der Waals surface area contributed by atoms with E-state index in [2.05, 4.69) is 369 Å². The van der Waals surface area contributed by atoms with Crippen LogP contribution >= 0.6 is 15.9 Å². The number of halogens is 1. The maximum absolute atomic E-state index is 3.57. The van der Waals surface area contributed by atoms with E-state index < -0.39 is 0 Å². The van der Waals surface area contributed by atoms with Crippen molar-refractivity contribution in [2.45, 2.75) is 46.0 Å². The average molecular weight is 1220 g/mol. The van der Waals surface area contributed by atoms with E-state index in [4.69, 9.17) is 0 Å². The van der Waals surface area contributed by atoms with Gasteiger partial charge in [0.2, 0.25) is 0 Å². The molecule has 0 atom stereocenters. The SMILES string of the molecule is C.CC1(C)c2ccccc2-c2cc3ccc(Br)cc3cc21.CC1(C)c2ccccc2-c2cc3ccc(N(c4ccc(-c5ccccc5)cc4)c4ccccc4-c4ccccc4)cc3cc21.c1ccc(-c2ccc(Nc3ccccc3-c3ccccc3)cc2)cc1. The summed E-state index contributed by atoms with van der Waals surface area (Å²) in [6.45, 7) is 9.34. The molecule has 0 spiro atoms. The molecule has 2 nitrogen and oxygen atoms in total. The number of hydrogen-bond donors (Lipinski definition) is 1. The van der Waals surface area contributed by atoms with Gasteiger partial charge in [0, 0.05) is 49.2 Å². The fraction of sp³-hybridized carbons (Fsp3) is 0.0805. The van der Waals surface area contributed by atoms with Crippen LogP contribution < -0.4 is 10.2 Å². The van der Waals surface area contributed by atoms with E-state index >= 15 is 0 Å². The Morgan fingerprint density at radius 2 is 0.667 bits per heavy atom. The molecule has 0 heterocycles. The highest BCUT2D eigenvalue weighted by molar-refractivity contribution is 9.10. The molecule has 14 aromatic carbocycles. The highest BCUT2D eigenvalue weighted by atomic mass is 79.9. The summed E-state index contributed by atoms with van der Waals surface area (Å²) in [5.74, 6) is 0. The van der Waals surface area contributed by atoms with Gasteiger partial charge < -0.3 is 10.2 Å². The van der Waals surface area contributed by atoms with Crippen molar-refractivity contribution in [1.82, 2.24) is 0 Å². The number of nitrogens with one attached hydrogen (secondary N) is 1. The van der Waals surface area contributed by atoms with E-state index in [0.717, 1.165) is 32.9 Å². The molecule has 0 aliphatic heterocycles. The summed E-state index contributed by atoms with van der Waals surface area (Å²) in [7, 11) is 0. The summed E-state index contributed by atoms with van der Waals surface area (Å²) in [6.07, 6.45) is 0. The van der Waals surface area contributed by atoms with Crippen LogP contribution in [0.15, 0.2) is 332 Å². The molecule has 0 aromatic heterocycles. The van der Waals surface area contributed by atoms with Gasteiger partial charge in [-0.25, -0.2) is 0 Å². The third kappa shape index (κ3) is 11.5. The van der Waals surface area contributed by atoms with Crippen LogP contribution in [0.2, 0.25) is 0 Å². The number of benzene rings is 14. The van der Waals surface area contributed by atoms with Gasteiger partial charge in [0.15, 0.2) is 0 Å². The third-order valence-corrected chi connectivity index (χ3v) is 18.5. The first-order chi connectivity index (χ1) is 43.5. The van der Waals surface area contributed by atoms with Gasteiger partial charge in [0.25, 0.3) is 0 Å². The Morgan fingerprint density at radius 1 is 0.278 bits per heavy atom. The van der Waals surface area contributed by atoms with Crippen molar-refractivity contribution in [2.24, 2.45) is 0 Å². The number of fused-ring (bicyclic) bond motifs is 8. The molecule has 0 radical (unpaired) electrons. The fourth-order valence-electron chi connectivity index (χ4n) is 13.4. The number of nitrogens with zero attached hydrogens (tertiary/aromatic N) is 1. The van der Waals surface area contributed by atoms with Crippen molar-refractivity contribution in [3.63, 3.8) is 0 Å². The zero-order valence-corrected chi connectivity index (χ0v) is 52.1. The topological polar surface area (TPSA) is 15.3 Å². The van der Waals surface area contributed by atoms with Gasteiger partial charge in [-0.15, -0.1) is 0 Å². The Labute approximate surface area is 539 Å². The highest BCUT2D eigenvalue weighted by Gasteiger charge is 2.36. The molecule has 0 amide bonds. The zero-order chi connectivity index (χ0) is 60.5. The first kappa shape index (κ1) is 58.7. The summed E-state index contributed by atoms with van der Waals surface area (Å²) >= 11 is 3.57. The summed E-state index contributed by atoms with van der Waals surface area (Å²) in [5.41, 5.74) is 26.5. The molecule has 0 saturated carbocycles. The Balaban J connectivity index is 0.000000136. The molecule has 3 heteroatoms. The average Bonchev–Trinajstić information content (AvgIpc) is 1.60. The molecule has 0 fully saturated rings. The van der Waals surface area contributed by atoms with E-state index in [-0.39, 0.29) is 18.3 Å². The second-order valence-electron chi connectivity index (χ2n) is 24.3. The van der Waals surface area contributed by atoms with Gasteiger partial charge in [-0.2, -0.15) is 0 Å². The highest BCUT2D eigenvalue weighted by Crippen LogP contribution is 2.52. The Bertz CT molecular complexity index is 4840. The van der Waals surface area contributed by atoms with Crippen molar-refractivity contribution in [2.75, 3.05) is 10.2 Å². The lowest BCUT2D eigenvalue weighted by Crippen LogP contribution is -2.15. The van der Waals surface area contributed by atoms with Gasteiger partial charge in [-0.05, 0) is 184 Å². The Morgan fingerprint density at radius 3 is 1.20 bits per heavy atom. The molecule has 2 aliphatic carbocycles. The molecule has 436 valence electrons. The van der Waals surface area contributed by atoms with Crippen LogP contribution in [0.25, 0.3) is 88.3 Å². The van der Waals surface area contributed by atoms with Crippen molar-refractivity contribution in [1.29, 1.82) is 0 Å². The normalized spacial score (nSPS) is 12.6. The van der Waals surface area contributed by atoms with Crippen LogP contribution in [0.4, 0.5) is 28.4 Å². The van der Waals surface area contributed by atoms with Gasteiger partial charge in [0.05, 0.1) is 5.69 Å². The van der Waals surface area contributed by atoms with Crippen LogP contribution in [0.3, 0.4) is 0 Å². The van der Waals surface area contributed by atoms with Gasteiger partial charge >= 0.3 is 0 Å². The molecule has 14 aromatic rings. The lowest BCUT2D eigenvalue weighted by molar-refractivity contribution is 0.661. The second-order valence-corrected chi connectivity index (χ2v) is 25.2. The maximum atomic E-state index is 3.57. The lowest BCUT2D eigenvalue weighted by atomic mass is 9.82. The van der Waals surface area contributed by atoms with Gasteiger partial charge in [0.1, 0.15) is 0 Å². The Hall–Kier alpha value is -10.3. The quantitative estimate of drug-likeness (QED) is 0.155. The van der Waals surface area contributed by atoms with Crippen LogP contribution in [-0.2, 0) is 10.8 Å². The molecular formula is C87H71BrN2. The molecule has 1 N–H and O–H groups in total. The molecule has 2 aliphatic rings. The van der Waals surface area contributed by atoms with Crippen LogP contribution in [0.5, 0.6) is 0 Å². The molecule has 16 rings (SSSR count). The maximum Gasteiger partial charge on any atom is 0.0540 e. The first-order valence-corrected chi connectivity index (χ1v) is 31.5. The van der Waals surface area contributed by atoms with Gasteiger partial charge in [-0.1, -0.05) is 294 Å². The summed E-state index contributed by atoms with van der Waals surface area (Å²) < 4.78 is 1.14. The smallest absolute Gasteiger partial charge is 0.0540 e. The molecule has 0 saturated heterocycles. The minimum atomic E-state index is -0.0387. The standard InChI is InChI=1S/C43H33N.C24H19N.C19H15Br.CH4/c1-43(2)40-19-11-9-18-38(40)39-28-33-23-26-36(27-34(33)29-41(39)43)44(35-24-21-31(22-25-35)30-13-5-3-6-14-30)42-20-12-10-17-37(42)32-15-7-4-8-16-32;1-3-9-19(10-4-1)20-15-17-22(18-16-20)25-24-14-8-7-13-23(24)21-11-5-2-6-12-21;1-19(2)17-6-4-3-5-15(17)16-10-12-7-8-14(20)9-13(12)11-18(16)19;/h3-29H,1-2H3;1-18,25H;3-11H,1-2H3;1H4. The number of para-hydroxylation sites is 2. The van der Waals surface area contributed by atoms with Crippen LogP contribution in [0, 0.1) is 0 Å². The van der Waals surface area contributed by atoms with E-state index in [0.29, 0.717) is 0 Å². The van der Waals surface area contributed by atoms with Gasteiger partial charge in [-0.3, -0.25) is 0 Å². The van der Waals surface area contributed by atoms with Crippen molar-refractivity contribution < 1.29 is 0 Å². The molecule has 90 heavy (non-hydrogen) atoms. The van der Waals surface area contributed by atoms with E-state index in [1.807, 2.05) is 12.1 Å². The number of anilines is 5. The third-order valence-electron chi connectivity index (χ3n) is 18.0. The fourth-order valence-corrected chi connectivity index (χ4v) is 13.8. The largest absolute Gasteiger partial charge is 0.355 e. The monoisotopic (exact) mass is 1220 g/mol. The van der Waals surface area contributed by atoms with Crippen molar-refractivity contribution >= 4 is 65.9 Å². The molecule has 0 unspecified atom stereocenters. The van der Waals surface area contributed by atoms with Crippen molar-refractivity contribution in [3.05, 3.63) is 354 Å². The minimum Gasteiger partial charge on any atom is -0.355 e. The molecule has 0 bridgehead atoms. The van der Waals surface area contributed by atoms with E-state index in [1.54, 1.807) is 0 Å². The summed E-state index contributed by atoms with van der Waals surface area (Å²) in [6, 6.07) is 117. The van der Waals surface area contributed by atoms with Crippen LogP contribution in [-0.4, -0.2) is 0 Å². The summed E-state index contributed by atoms with van der Waals surface area (Å²) in [4.78, 5) is 2.41. The predicted octanol–water partition coefficient (Wildman–Crippen LogP) is 25.3. The van der Waals surface area contributed by atoms with Crippen LogP contribution in [0.1, 0.15) is 57.4 Å². The Kier molecular flexibility index (Phi) is 16.3. The molecular weight excluding hydrogens is 1150 g/mol. The zero-order valence-electron chi connectivity index (χ0n) is 50.5. The number of rotatable bonds is 9. The first-order valence-electron chi connectivity index (χ1n) is 30.7. The minimum absolute atomic E-state index is 0. The van der Waals surface area contributed by atoms with E-state index in [1.165, 1.54) is 111 Å².